The Kier molecular flexibility index (Phi) is 6.34. The van der Waals surface area contributed by atoms with Crippen LogP contribution in [0, 0.1) is 0 Å². The lowest BCUT2D eigenvalue weighted by atomic mass is 10.2. The maximum atomic E-state index is 12.5. The Labute approximate surface area is 138 Å². The van der Waals surface area contributed by atoms with Gasteiger partial charge in [-0.3, -0.25) is 14.2 Å². The summed E-state index contributed by atoms with van der Waals surface area (Å²) in [5, 5.41) is 3.78. The molecule has 0 saturated carbocycles. The van der Waals surface area contributed by atoms with E-state index in [0.717, 1.165) is 17.0 Å². The largest absolute Gasteiger partial charge is 0.383 e. The number of ether oxygens (including phenoxy) is 1. The molecule has 0 aromatic carbocycles. The lowest BCUT2D eigenvalue weighted by Crippen LogP contribution is -2.29. The minimum atomic E-state index is -0.0813. The van der Waals surface area contributed by atoms with E-state index in [1.807, 2.05) is 6.92 Å². The average molecular weight is 343 g/mol. The molecule has 8 heteroatoms. The molecular formula is C14H21N3O3S2. The van der Waals surface area contributed by atoms with Gasteiger partial charge in [0.2, 0.25) is 5.91 Å². The van der Waals surface area contributed by atoms with Crippen LogP contribution >= 0.6 is 23.5 Å². The molecule has 0 aliphatic carbocycles. The summed E-state index contributed by atoms with van der Waals surface area (Å²) in [7, 11) is 1.59. The topological polar surface area (TPSA) is 73.2 Å². The maximum absolute atomic E-state index is 12.5. The summed E-state index contributed by atoms with van der Waals surface area (Å²) in [5.74, 6) is 0.166. The first-order valence-electron chi connectivity index (χ1n) is 7.25. The van der Waals surface area contributed by atoms with Crippen LogP contribution in [0.3, 0.4) is 0 Å². The molecule has 2 rings (SSSR count). The zero-order valence-electron chi connectivity index (χ0n) is 13.0. The molecule has 1 amide bonds. The molecule has 0 spiro atoms. The van der Waals surface area contributed by atoms with Crippen LogP contribution in [0.1, 0.15) is 19.5 Å². The normalized spacial score (nSPS) is 16.6. The van der Waals surface area contributed by atoms with Gasteiger partial charge in [-0.2, -0.15) is 0 Å². The summed E-state index contributed by atoms with van der Waals surface area (Å²) >= 11 is 2.90. The summed E-state index contributed by atoms with van der Waals surface area (Å²) in [6, 6.07) is 0. The van der Waals surface area contributed by atoms with Crippen LogP contribution in [-0.4, -0.2) is 46.7 Å². The van der Waals surface area contributed by atoms with Crippen LogP contribution < -0.4 is 10.9 Å². The minimum absolute atomic E-state index is 0.0177. The van der Waals surface area contributed by atoms with Crippen molar-refractivity contribution in [2.24, 2.45) is 0 Å². The molecule has 1 atom stereocenters. The van der Waals surface area contributed by atoms with Crippen molar-refractivity contribution in [2.75, 3.05) is 26.0 Å². The molecule has 1 unspecified atom stereocenters. The monoisotopic (exact) mass is 343 g/mol. The van der Waals surface area contributed by atoms with Crippen molar-refractivity contribution in [1.29, 1.82) is 0 Å². The van der Waals surface area contributed by atoms with E-state index < -0.39 is 0 Å². The van der Waals surface area contributed by atoms with Crippen LogP contribution in [0.5, 0.6) is 0 Å². The molecule has 1 N–H and O–H groups in total. The smallest absolute Gasteiger partial charge is 0.268 e. The number of amides is 1. The number of methoxy groups -OCH3 is 1. The van der Waals surface area contributed by atoms with Gasteiger partial charge in [0.15, 0.2) is 5.16 Å². The number of aromatic nitrogens is 2. The van der Waals surface area contributed by atoms with Crippen LogP contribution in [0.4, 0.5) is 0 Å². The van der Waals surface area contributed by atoms with Gasteiger partial charge in [0.25, 0.3) is 5.56 Å². The SMILES string of the molecule is CCn1c(SCC(=O)NCCOC)nc2c(c1=O)SC(C)C2. The molecule has 1 aliphatic heterocycles. The van der Waals surface area contributed by atoms with Gasteiger partial charge in [-0.15, -0.1) is 11.8 Å². The number of carbonyl (C=O) groups is 1. The highest BCUT2D eigenvalue weighted by Gasteiger charge is 2.26. The Morgan fingerprint density at radius 1 is 1.59 bits per heavy atom. The fourth-order valence-corrected chi connectivity index (χ4v) is 4.22. The average Bonchev–Trinajstić information content (AvgIpc) is 2.86. The van der Waals surface area contributed by atoms with Gasteiger partial charge < -0.3 is 10.1 Å². The van der Waals surface area contributed by atoms with Gasteiger partial charge in [-0.05, 0) is 6.92 Å². The van der Waals surface area contributed by atoms with Crippen molar-refractivity contribution in [1.82, 2.24) is 14.9 Å². The van der Waals surface area contributed by atoms with Gasteiger partial charge in [0, 0.05) is 31.9 Å². The van der Waals surface area contributed by atoms with E-state index in [9.17, 15) is 9.59 Å². The number of thioether (sulfide) groups is 2. The standard InChI is InChI=1S/C14H21N3O3S2/c1-4-17-13(19)12-10(7-9(2)22-12)16-14(17)21-8-11(18)15-5-6-20-3/h9H,4-8H2,1-3H3,(H,15,18). The lowest BCUT2D eigenvalue weighted by Gasteiger charge is -2.11. The highest BCUT2D eigenvalue weighted by atomic mass is 32.2. The van der Waals surface area contributed by atoms with E-state index in [1.54, 1.807) is 23.4 Å². The molecule has 122 valence electrons. The van der Waals surface area contributed by atoms with Crippen molar-refractivity contribution in [3.05, 3.63) is 16.0 Å². The Bertz CT molecular complexity index is 604. The number of nitrogens with one attached hydrogen (secondary N) is 1. The number of rotatable bonds is 7. The summed E-state index contributed by atoms with van der Waals surface area (Å²) < 4.78 is 6.54. The fourth-order valence-electron chi connectivity index (χ4n) is 2.19. The predicted molar refractivity (Wildman–Crippen MR) is 88.8 cm³/mol. The quantitative estimate of drug-likeness (QED) is 0.455. The molecule has 1 aromatic rings. The molecule has 1 aliphatic rings. The molecule has 1 aromatic heterocycles. The second-order valence-electron chi connectivity index (χ2n) is 4.98. The molecule has 0 fully saturated rings. The second-order valence-corrected chi connectivity index (χ2v) is 7.37. The third-order valence-corrected chi connectivity index (χ3v) is 5.43. The molecule has 0 bridgehead atoms. The molecule has 6 nitrogen and oxygen atoms in total. The minimum Gasteiger partial charge on any atom is -0.383 e. The molecule has 0 radical (unpaired) electrons. The number of hydrogen-bond acceptors (Lipinski definition) is 6. The van der Waals surface area contributed by atoms with E-state index in [2.05, 4.69) is 17.2 Å². The maximum Gasteiger partial charge on any atom is 0.268 e. The Balaban J connectivity index is 2.08. The number of hydrogen-bond donors (Lipinski definition) is 1. The van der Waals surface area contributed by atoms with Gasteiger partial charge in [0.1, 0.15) is 0 Å². The van der Waals surface area contributed by atoms with Gasteiger partial charge in [0.05, 0.1) is 22.9 Å². The third-order valence-electron chi connectivity index (χ3n) is 3.24. The summed E-state index contributed by atoms with van der Waals surface area (Å²) in [6.45, 7) is 5.55. The molecular weight excluding hydrogens is 322 g/mol. The van der Waals surface area contributed by atoms with Crippen LogP contribution in [0.25, 0.3) is 0 Å². The van der Waals surface area contributed by atoms with Crippen molar-refractivity contribution >= 4 is 29.4 Å². The third kappa shape index (κ3) is 4.05. The first-order chi connectivity index (χ1) is 10.6. The lowest BCUT2D eigenvalue weighted by molar-refractivity contribution is -0.118. The summed E-state index contributed by atoms with van der Waals surface area (Å²) in [5.41, 5.74) is 0.888. The van der Waals surface area contributed by atoms with Crippen molar-refractivity contribution in [2.45, 2.75) is 42.1 Å². The second kappa shape index (κ2) is 8.03. The van der Waals surface area contributed by atoms with E-state index in [0.29, 0.717) is 30.1 Å². The number of carbonyl (C=O) groups excluding carboxylic acids is 1. The van der Waals surface area contributed by atoms with E-state index in [4.69, 9.17) is 4.74 Å². The fraction of sp³-hybridized carbons (Fsp3) is 0.643. The number of nitrogens with zero attached hydrogens (tertiary/aromatic N) is 2. The van der Waals surface area contributed by atoms with Crippen molar-refractivity contribution in [3.8, 4) is 0 Å². The molecule has 2 heterocycles. The van der Waals surface area contributed by atoms with E-state index in [1.165, 1.54) is 11.8 Å². The summed E-state index contributed by atoms with van der Waals surface area (Å²) in [4.78, 5) is 29.6. The van der Waals surface area contributed by atoms with Gasteiger partial charge >= 0.3 is 0 Å². The van der Waals surface area contributed by atoms with E-state index >= 15 is 0 Å². The van der Waals surface area contributed by atoms with Crippen LogP contribution in [0.2, 0.25) is 0 Å². The zero-order chi connectivity index (χ0) is 16.1. The van der Waals surface area contributed by atoms with E-state index in [-0.39, 0.29) is 17.2 Å². The van der Waals surface area contributed by atoms with Gasteiger partial charge in [-0.25, -0.2) is 4.98 Å². The van der Waals surface area contributed by atoms with Gasteiger partial charge in [-0.1, -0.05) is 18.7 Å². The Hall–Kier alpha value is -0.990. The highest BCUT2D eigenvalue weighted by Crippen LogP contribution is 2.34. The van der Waals surface area contributed by atoms with Crippen molar-refractivity contribution < 1.29 is 9.53 Å². The van der Waals surface area contributed by atoms with Crippen LogP contribution in [-0.2, 0) is 22.5 Å². The number of fused-ring (bicyclic) bond motifs is 1. The molecule has 0 saturated heterocycles. The zero-order valence-corrected chi connectivity index (χ0v) is 14.7. The van der Waals surface area contributed by atoms with Crippen LogP contribution in [0.15, 0.2) is 14.8 Å². The first-order valence-corrected chi connectivity index (χ1v) is 9.12. The molecule has 22 heavy (non-hydrogen) atoms. The Morgan fingerprint density at radius 3 is 3.05 bits per heavy atom. The first kappa shape index (κ1) is 17.4. The highest BCUT2D eigenvalue weighted by molar-refractivity contribution is 8.00. The summed E-state index contributed by atoms with van der Waals surface area (Å²) in [6.07, 6.45) is 0.813. The predicted octanol–water partition coefficient (Wildman–Crippen LogP) is 1.15. The van der Waals surface area contributed by atoms with Crippen molar-refractivity contribution in [3.63, 3.8) is 0 Å². The Morgan fingerprint density at radius 2 is 2.36 bits per heavy atom.